The van der Waals surface area contributed by atoms with Crippen LogP contribution < -0.4 is 15.4 Å². The second-order valence-corrected chi connectivity index (χ2v) is 8.62. The lowest BCUT2D eigenvalue weighted by molar-refractivity contribution is 0.0383. The number of carbonyl (C=O) groups is 2. The molecular weight excluding hydrogens is 456 g/mol. The number of anilines is 1. The summed E-state index contributed by atoms with van der Waals surface area (Å²) in [6.07, 6.45) is 5.72. The molecule has 2 aromatic carbocycles. The van der Waals surface area contributed by atoms with Crippen LogP contribution in [0.4, 0.5) is 5.69 Å². The van der Waals surface area contributed by atoms with E-state index in [9.17, 15) is 9.59 Å². The highest BCUT2D eigenvalue weighted by Gasteiger charge is 2.15. The van der Waals surface area contributed by atoms with Gasteiger partial charge in [0.25, 0.3) is 11.8 Å². The first-order valence-corrected chi connectivity index (χ1v) is 12.0. The van der Waals surface area contributed by atoms with Gasteiger partial charge >= 0.3 is 0 Å². The van der Waals surface area contributed by atoms with Gasteiger partial charge in [0.15, 0.2) is 0 Å². The van der Waals surface area contributed by atoms with E-state index in [4.69, 9.17) is 9.47 Å². The molecule has 8 heteroatoms. The minimum Gasteiger partial charge on any atom is -0.497 e. The number of nitrogens with one attached hydrogen (secondary N) is 2. The van der Waals surface area contributed by atoms with E-state index < -0.39 is 0 Å². The molecule has 0 bridgehead atoms. The van der Waals surface area contributed by atoms with Gasteiger partial charge < -0.3 is 24.7 Å². The number of rotatable bonds is 9. The fraction of sp³-hybridized carbons (Fsp3) is 0.286. The molecule has 8 nitrogen and oxygen atoms in total. The van der Waals surface area contributed by atoms with Crippen LogP contribution in [-0.4, -0.2) is 67.8 Å². The molecule has 2 heterocycles. The maximum atomic E-state index is 12.7. The van der Waals surface area contributed by atoms with Gasteiger partial charge in [-0.25, -0.2) is 0 Å². The average Bonchev–Trinajstić information content (AvgIpc) is 3.28. The summed E-state index contributed by atoms with van der Waals surface area (Å²) in [7, 11) is 3.43. The monoisotopic (exact) mass is 488 g/mol. The third kappa shape index (κ3) is 6.84. The summed E-state index contributed by atoms with van der Waals surface area (Å²) in [6, 6.07) is 16.8. The molecule has 0 unspecified atom stereocenters. The Morgan fingerprint density at radius 1 is 1.00 bits per heavy atom. The maximum absolute atomic E-state index is 12.7. The number of aryl methyl sites for hydroxylation is 1. The number of carbonyl (C=O) groups excluding carboxylic acids is 2. The molecule has 0 atom stereocenters. The van der Waals surface area contributed by atoms with E-state index in [1.165, 1.54) is 0 Å². The largest absolute Gasteiger partial charge is 0.497 e. The summed E-state index contributed by atoms with van der Waals surface area (Å²) in [5.74, 6) is 0.403. The molecule has 1 aliphatic rings. The second-order valence-electron chi connectivity index (χ2n) is 8.62. The summed E-state index contributed by atoms with van der Waals surface area (Å²) in [5, 5.41) is 5.83. The Labute approximate surface area is 211 Å². The smallest absolute Gasteiger partial charge is 0.268 e. The SMILES string of the molecule is COc1cccc(/C=C/c2ccc(C(=O)Nc3cc(C(=O)NCCN4CCOCC4)n(C)c3)cc2)c1. The van der Waals surface area contributed by atoms with Gasteiger partial charge in [0.2, 0.25) is 0 Å². The second kappa shape index (κ2) is 12.2. The van der Waals surface area contributed by atoms with Gasteiger partial charge in [0, 0.05) is 45.0 Å². The van der Waals surface area contributed by atoms with Gasteiger partial charge in [0.05, 0.1) is 26.0 Å². The average molecular weight is 489 g/mol. The van der Waals surface area contributed by atoms with Gasteiger partial charge in [-0.05, 0) is 41.5 Å². The summed E-state index contributed by atoms with van der Waals surface area (Å²) in [5.41, 5.74) is 3.60. The number of aromatic nitrogens is 1. The zero-order chi connectivity index (χ0) is 25.3. The summed E-state index contributed by atoms with van der Waals surface area (Å²) >= 11 is 0. The lowest BCUT2D eigenvalue weighted by Crippen LogP contribution is -2.41. The van der Waals surface area contributed by atoms with Crippen LogP contribution in [0.15, 0.2) is 60.8 Å². The summed E-state index contributed by atoms with van der Waals surface area (Å²) < 4.78 is 12.3. The normalized spacial score (nSPS) is 14.1. The molecule has 0 aliphatic carbocycles. The Hall–Kier alpha value is -3.88. The fourth-order valence-electron chi connectivity index (χ4n) is 3.99. The van der Waals surface area contributed by atoms with Crippen LogP contribution in [0.3, 0.4) is 0 Å². The zero-order valence-electron chi connectivity index (χ0n) is 20.7. The Balaban J connectivity index is 1.30. The molecule has 2 N–H and O–H groups in total. The van der Waals surface area contributed by atoms with Crippen LogP contribution in [-0.2, 0) is 11.8 Å². The first-order valence-electron chi connectivity index (χ1n) is 12.0. The molecule has 0 radical (unpaired) electrons. The van der Waals surface area contributed by atoms with Crippen molar-refractivity contribution in [2.24, 2.45) is 7.05 Å². The van der Waals surface area contributed by atoms with Crippen LogP contribution in [0, 0.1) is 0 Å². The highest BCUT2D eigenvalue weighted by Crippen LogP contribution is 2.17. The zero-order valence-corrected chi connectivity index (χ0v) is 20.7. The topological polar surface area (TPSA) is 84.8 Å². The molecule has 36 heavy (non-hydrogen) atoms. The Bertz CT molecular complexity index is 1210. The van der Waals surface area contributed by atoms with Crippen molar-refractivity contribution in [3.8, 4) is 5.75 Å². The Morgan fingerprint density at radius 3 is 2.50 bits per heavy atom. The van der Waals surface area contributed by atoms with Crippen molar-refractivity contribution in [2.75, 3.05) is 51.8 Å². The number of hydrogen-bond acceptors (Lipinski definition) is 5. The third-order valence-electron chi connectivity index (χ3n) is 6.05. The fourth-order valence-corrected chi connectivity index (χ4v) is 3.99. The van der Waals surface area contributed by atoms with E-state index in [0.717, 1.165) is 49.7 Å². The van der Waals surface area contributed by atoms with Gasteiger partial charge in [-0.3, -0.25) is 14.5 Å². The maximum Gasteiger partial charge on any atom is 0.268 e. The number of ether oxygens (including phenoxy) is 2. The molecule has 1 fully saturated rings. The third-order valence-corrected chi connectivity index (χ3v) is 6.05. The van der Waals surface area contributed by atoms with Gasteiger partial charge in [-0.2, -0.15) is 0 Å². The number of amides is 2. The number of morpholine rings is 1. The molecule has 188 valence electrons. The van der Waals surface area contributed by atoms with Crippen molar-refractivity contribution < 1.29 is 19.1 Å². The molecule has 3 aromatic rings. The first-order chi connectivity index (χ1) is 17.5. The van der Waals surface area contributed by atoms with Gasteiger partial charge in [0.1, 0.15) is 11.4 Å². The molecule has 1 aromatic heterocycles. The Morgan fingerprint density at radius 2 is 1.75 bits per heavy atom. The van der Waals surface area contributed by atoms with E-state index >= 15 is 0 Å². The van der Waals surface area contributed by atoms with Crippen LogP contribution in [0.1, 0.15) is 32.0 Å². The quantitative estimate of drug-likeness (QED) is 0.450. The van der Waals surface area contributed by atoms with Crippen LogP contribution in [0.2, 0.25) is 0 Å². The summed E-state index contributed by atoms with van der Waals surface area (Å²) in [4.78, 5) is 27.6. The molecule has 1 saturated heterocycles. The van der Waals surface area contributed by atoms with Crippen molar-refractivity contribution in [3.05, 3.63) is 83.2 Å². The minimum absolute atomic E-state index is 0.168. The molecule has 0 saturated carbocycles. The van der Waals surface area contributed by atoms with E-state index in [0.29, 0.717) is 23.5 Å². The summed E-state index contributed by atoms with van der Waals surface area (Å²) in [6.45, 7) is 4.58. The first kappa shape index (κ1) is 25.2. The van der Waals surface area contributed by atoms with E-state index in [1.807, 2.05) is 48.6 Å². The molecular formula is C28H32N4O4. The van der Waals surface area contributed by atoms with Crippen LogP contribution in [0.5, 0.6) is 5.75 Å². The van der Waals surface area contributed by atoms with Gasteiger partial charge in [-0.1, -0.05) is 36.4 Å². The Kier molecular flexibility index (Phi) is 8.54. The highest BCUT2D eigenvalue weighted by atomic mass is 16.5. The number of hydrogen-bond donors (Lipinski definition) is 2. The van der Waals surface area contributed by atoms with E-state index in [1.54, 1.807) is 43.1 Å². The molecule has 1 aliphatic heterocycles. The van der Waals surface area contributed by atoms with Crippen LogP contribution in [0.25, 0.3) is 12.2 Å². The van der Waals surface area contributed by atoms with Crippen molar-refractivity contribution in [2.45, 2.75) is 0 Å². The van der Waals surface area contributed by atoms with E-state index in [2.05, 4.69) is 15.5 Å². The van der Waals surface area contributed by atoms with Gasteiger partial charge in [-0.15, -0.1) is 0 Å². The molecule has 4 rings (SSSR count). The highest BCUT2D eigenvalue weighted by molar-refractivity contribution is 6.05. The van der Waals surface area contributed by atoms with Crippen molar-refractivity contribution in [1.82, 2.24) is 14.8 Å². The number of nitrogens with zero attached hydrogens (tertiary/aromatic N) is 2. The lowest BCUT2D eigenvalue weighted by atomic mass is 10.1. The molecule has 0 spiro atoms. The predicted molar refractivity (Wildman–Crippen MR) is 141 cm³/mol. The standard InChI is InChI=1S/C28H32N4O4/c1-31-20-24(19-26(31)28(34)29-12-13-32-14-16-36-17-15-32)30-27(33)23-10-8-21(9-11-23)6-7-22-4-3-5-25(18-22)35-2/h3-11,18-20H,12-17H2,1-2H3,(H,29,34)(H,30,33)/b7-6+. The minimum atomic E-state index is -0.233. The number of methoxy groups -OCH3 is 1. The van der Waals surface area contributed by atoms with Crippen molar-refractivity contribution >= 4 is 29.7 Å². The van der Waals surface area contributed by atoms with Crippen molar-refractivity contribution in [1.29, 1.82) is 0 Å². The lowest BCUT2D eigenvalue weighted by Gasteiger charge is -2.26. The van der Waals surface area contributed by atoms with Crippen molar-refractivity contribution in [3.63, 3.8) is 0 Å². The molecule has 2 amide bonds. The van der Waals surface area contributed by atoms with Crippen LogP contribution >= 0.6 is 0 Å². The number of benzene rings is 2. The predicted octanol–water partition coefficient (Wildman–Crippen LogP) is 3.52. The van der Waals surface area contributed by atoms with E-state index in [-0.39, 0.29) is 11.8 Å².